The molecule has 0 aliphatic heterocycles. The Morgan fingerprint density at radius 1 is 1.25 bits per heavy atom. The minimum absolute atomic E-state index is 0.00108. The summed E-state index contributed by atoms with van der Waals surface area (Å²) in [5.41, 5.74) is -1.05. The van der Waals surface area contributed by atoms with Gasteiger partial charge in [-0.25, -0.2) is 0 Å². The van der Waals surface area contributed by atoms with Crippen molar-refractivity contribution in [3.05, 3.63) is 29.8 Å². The van der Waals surface area contributed by atoms with Gasteiger partial charge in [0.1, 0.15) is 0 Å². The van der Waals surface area contributed by atoms with Crippen molar-refractivity contribution in [3.63, 3.8) is 0 Å². The topological polar surface area (TPSA) is 41.1 Å². The van der Waals surface area contributed by atoms with Crippen LogP contribution in [0.5, 0.6) is 0 Å². The number of carbonyl (C=O) groups is 1. The van der Waals surface area contributed by atoms with E-state index in [4.69, 9.17) is 0 Å². The zero-order valence-corrected chi connectivity index (χ0v) is 11.6. The number of benzene rings is 1. The molecule has 0 heterocycles. The zero-order valence-electron chi connectivity index (χ0n) is 11.6. The van der Waals surface area contributed by atoms with Crippen LogP contribution in [0.3, 0.4) is 0 Å². The maximum absolute atomic E-state index is 12.7. The highest BCUT2D eigenvalue weighted by atomic mass is 19.4. The molecule has 0 aliphatic rings. The molecule has 0 aliphatic carbocycles. The second-order valence-electron chi connectivity index (χ2n) is 4.95. The summed E-state index contributed by atoms with van der Waals surface area (Å²) in [5.74, 6) is 0.0296. The average molecular weight is 288 g/mol. The summed E-state index contributed by atoms with van der Waals surface area (Å²) in [5, 5.41) is 5.19. The van der Waals surface area contributed by atoms with Crippen LogP contribution in [0.1, 0.15) is 25.8 Å². The van der Waals surface area contributed by atoms with Crippen LogP contribution in [0.25, 0.3) is 0 Å². The third-order valence-corrected chi connectivity index (χ3v) is 2.69. The first-order chi connectivity index (χ1) is 9.30. The predicted molar refractivity (Wildman–Crippen MR) is 72.4 cm³/mol. The normalized spacial score (nSPS) is 11.7. The lowest BCUT2D eigenvalue weighted by atomic mass is 10.1. The van der Waals surface area contributed by atoms with Crippen molar-refractivity contribution < 1.29 is 18.0 Å². The molecule has 20 heavy (non-hydrogen) atoms. The Kier molecular flexibility index (Phi) is 6.01. The van der Waals surface area contributed by atoms with Gasteiger partial charge in [-0.1, -0.05) is 26.0 Å². The number of amides is 1. The maximum Gasteiger partial charge on any atom is 0.418 e. The molecule has 0 bridgehead atoms. The number of carbonyl (C=O) groups excluding carboxylic acids is 1. The number of nitrogens with one attached hydrogen (secondary N) is 2. The largest absolute Gasteiger partial charge is 0.418 e. The summed E-state index contributed by atoms with van der Waals surface area (Å²) >= 11 is 0. The van der Waals surface area contributed by atoms with Gasteiger partial charge in [-0.15, -0.1) is 0 Å². The van der Waals surface area contributed by atoms with Gasteiger partial charge in [0.2, 0.25) is 5.91 Å². The third-order valence-electron chi connectivity index (χ3n) is 2.69. The Hall–Kier alpha value is -1.56. The zero-order chi connectivity index (χ0) is 15.2. The van der Waals surface area contributed by atoms with E-state index >= 15 is 0 Å². The first-order valence-corrected chi connectivity index (χ1v) is 6.47. The van der Waals surface area contributed by atoms with Gasteiger partial charge in [0.25, 0.3) is 0 Å². The van der Waals surface area contributed by atoms with Crippen molar-refractivity contribution in [3.8, 4) is 0 Å². The standard InChI is InChI=1S/C14H19F3N2O/c1-10(2)7-8-18-9-13(20)19-12-6-4-3-5-11(12)14(15,16)17/h3-6,10,18H,7-9H2,1-2H3,(H,19,20). The van der Waals surface area contributed by atoms with Gasteiger partial charge in [0, 0.05) is 0 Å². The van der Waals surface area contributed by atoms with Crippen molar-refractivity contribution in [1.82, 2.24) is 5.32 Å². The van der Waals surface area contributed by atoms with E-state index in [0.717, 1.165) is 12.5 Å². The van der Waals surface area contributed by atoms with Crippen molar-refractivity contribution in [2.45, 2.75) is 26.4 Å². The smallest absolute Gasteiger partial charge is 0.324 e. The van der Waals surface area contributed by atoms with E-state index in [0.29, 0.717) is 12.5 Å². The van der Waals surface area contributed by atoms with Gasteiger partial charge >= 0.3 is 6.18 Å². The molecular weight excluding hydrogens is 269 g/mol. The number of anilines is 1. The van der Waals surface area contributed by atoms with Gasteiger partial charge in [-0.05, 0) is 31.0 Å². The summed E-state index contributed by atoms with van der Waals surface area (Å²) in [7, 11) is 0. The van der Waals surface area contributed by atoms with Crippen LogP contribution >= 0.6 is 0 Å². The van der Waals surface area contributed by atoms with Crippen molar-refractivity contribution in [2.24, 2.45) is 5.92 Å². The summed E-state index contributed by atoms with van der Waals surface area (Å²) in [6.07, 6.45) is -3.57. The Morgan fingerprint density at radius 3 is 2.50 bits per heavy atom. The molecule has 0 atom stereocenters. The van der Waals surface area contributed by atoms with Crippen LogP contribution in [0, 0.1) is 5.92 Å². The molecule has 6 heteroatoms. The molecule has 0 radical (unpaired) electrons. The van der Waals surface area contributed by atoms with E-state index in [1.54, 1.807) is 0 Å². The Morgan fingerprint density at radius 2 is 1.90 bits per heavy atom. The SMILES string of the molecule is CC(C)CCNCC(=O)Nc1ccccc1C(F)(F)F. The number of halogens is 3. The Labute approximate surface area is 116 Å². The number of rotatable bonds is 6. The lowest BCUT2D eigenvalue weighted by Crippen LogP contribution is -2.30. The third kappa shape index (κ3) is 5.61. The first-order valence-electron chi connectivity index (χ1n) is 6.47. The van der Waals surface area contributed by atoms with Crippen LogP contribution in [-0.4, -0.2) is 19.0 Å². The van der Waals surface area contributed by atoms with E-state index < -0.39 is 17.6 Å². The summed E-state index contributed by atoms with van der Waals surface area (Å²) < 4.78 is 38.2. The van der Waals surface area contributed by atoms with Crippen LogP contribution in [0.2, 0.25) is 0 Å². The predicted octanol–water partition coefficient (Wildman–Crippen LogP) is 3.28. The molecule has 1 rings (SSSR count). The fraction of sp³-hybridized carbons (Fsp3) is 0.500. The van der Waals surface area contributed by atoms with Gasteiger partial charge in [-0.3, -0.25) is 4.79 Å². The minimum atomic E-state index is -4.48. The molecule has 1 aromatic rings. The second-order valence-corrected chi connectivity index (χ2v) is 4.95. The van der Waals surface area contributed by atoms with Crippen LogP contribution in [0.4, 0.5) is 18.9 Å². The van der Waals surface area contributed by atoms with E-state index in [2.05, 4.69) is 24.5 Å². The summed E-state index contributed by atoms with van der Waals surface area (Å²) in [6, 6.07) is 4.94. The van der Waals surface area contributed by atoms with Gasteiger partial charge in [0.15, 0.2) is 0 Å². The molecule has 1 amide bonds. The van der Waals surface area contributed by atoms with Crippen LogP contribution in [0.15, 0.2) is 24.3 Å². The van der Waals surface area contributed by atoms with E-state index in [1.165, 1.54) is 18.2 Å². The number of alkyl halides is 3. The van der Waals surface area contributed by atoms with Crippen molar-refractivity contribution in [2.75, 3.05) is 18.4 Å². The molecule has 0 aromatic heterocycles. The molecule has 1 aromatic carbocycles. The number of hydrogen-bond donors (Lipinski definition) is 2. The van der Waals surface area contributed by atoms with Gasteiger partial charge in [0.05, 0.1) is 17.8 Å². The second kappa shape index (κ2) is 7.28. The van der Waals surface area contributed by atoms with E-state index in [1.807, 2.05) is 0 Å². The van der Waals surface area contributed by atoms with Crippen molar-refractivity contribution >= 4 is 11.6 Å². The van der Waals surface area contributed by atoms with E-state index in [-0.39, 0.29) is 12.2 Å². The highest BCUT2D eigenvalue weighted by Gasteiger charge is 2.33. The fourth-order valence-corrected chi connectivity index (χ4v) is 1.63. The van der Waals surface area contributed by atoms with Gasteiger partial charge in [-0.2, -0.15) is 13.2 Å². The number of hydrogen-bond acceptors (Lipinski definition) is 2. The monoisotopic (exact) mass is 288 g/mol. The minimum Gasteiger partial charge on any atom is -0.324 e. The lowest BCUT2D eigenvalue weighted by Gasteiger charge is -2.13. The lowest BCUT2D eigenvalue weighted by molar-refractivity contribution is -0.137. The molecule has 3 nitrogen and oxygen atoms in total. The molecule has 0 unspecified atom stereocenters. The maximum atomic E-state index is 12.7. The molecule has 2 N–H and O–H groups in total. The molecule has 0 fully saturated rings. The molecule has 0 saturated carbocycles. The first kappa shape index (κ1) is 16.5. The molecule has 112 valence electrons. The number of para-hydroxylation sites is 1. The van der Waals surface area contributed by atoms with Gasteiger partial charge < -0.3 is 10.6 Å². The molecule has 0 saturated heterocycles. The fourth-order valence-electron chi connectivity index (χ4n) is 1.63. The Balaban J connectivity index is 2.54. The molecule has 0 spiro atoms. The average Bonchev–Trinajstić information content (AvgIpc) is 2.34. The quantitative estimate of drug-likeness (QED) is 0.789. The van der Waals surface area contributed by atoms with Crippen LogP contribution < -0.4 is 10.6 Å². The highest BCUT2D eigenvalue weighted by Crippen LogP contribution is 2.34. The molecular formula is C14H19F3N2O. The van der Waals surface area contributed by atoms with Crippen molar-refractivity contribution in [1.29, 1.82) is 0 Å². The summed E-state index contributed by atoms with van der Waals surface area (Å²) in [6.45, 7) is 4.77. The van der Waals surface area contributed by atoms with E-state index in [9.17, 15) is 18.0 Å². The van der Waals surface area contributed by atoms with Crippen LogP contribution in [-0.2, 0) is 11.0 Å². The summed E-state index contributed by atoms with van der Waals surface area (Å²) in [4.78, 5) is 11.6. The highest BCUT2D eigenvalue weighted by molar-refractivity contribution is 5.93. The Bertz CT molecular complexity index is 444.